The number of amides is 4. The Morgan fingerprint density at radius 1 is 1.18 bits per heavy atom. The highest BCUT2D eigenvalue weighted by atomic mass is 79.9. The van der Waals surface area contributed by atoms with Crippen LogP contribution in [-0.2, 0) is 14.4 Å². The second-order valence-corrected chi connectivity index (χ2v) is 2.38. The zero-order valence-corrected chi connectivity index (χ0v) is 6.54. The lowest BCUT2D eigenvalue weighted by molar-refractivity contribution is -0.148. The third-order valence-corrected chi connectivity index (χ3v) is 1.62. The number of hydrogen-bond acceptors (Lipinski definition) is 4. The Morgan fingerprint density at radius 2 is 1.73 bits per heavy atom. The van der Waals surface area contributed by atoms with E-state index in [1.54, 1.807) is 5.32 Å². The SMILES string of the molecule is O=C1NC(=O)N(Br)C(=O)C1=O. The first-order valence-corrected chi connectivity index (χ1v) is 3.14. The van der Waals surface area contributed by atoms with Crippen molar-refractivity contribution in [1.82, 2.24) is 9.24 Å². The number of nitrogens with zero attached hydrogens (tertiary/aromatic N) is 1. The lowest BCUT2D eigenvalue weighted by atomic mass is 10.3. The van der Waals surface area contributed by atoms with Crippen molar-refractivity contribution in [2.75, 3.05) is 0 Å². The van der Waals surface area contributed by atoms with Crippen LogP contribution in [0, 0.1) is 0 Å². The number of Topliss-reactive ketones (excluding diaryl/α,β-unsaturated/α-hetero) is 1. The Bertz CT molecular complexity index is 273. The number of nitrogens with one attached hydrogen (secondary N) is 1. The van der Waals surface area contributed by atoms with Crippen LogP contribution in [0.1, 0.15) is 0 Å². The summed E-state index contributed by atoms with van der Waals surface area (Å²) in [6.07, 6.45) is 0. The number of ketones is 1. The molecule has 0 spiro atoms. The maximum Gasteiger partial charge on any atom is 0.341 e. The van der Waals surface area contributed by atoms with E-state index in [4.69, 9.17) is 0 Å². The van der Waals surface area contributed by atoms with Crippen molar-refractivity contribution >= 4 is 39.8 Å². The zero-order valence-electron chi connectivity index (χ0n) is 4.96. The van der Waals surface area contributed by atoms with Crippen molar-refractivity contribution in [1.29, 1.82) is 0 Å². The summed E-state index contributed by atoms with van der Waals surface area (Å²) in [4.78, 5) is 42.0. The monoisotopic (exact) mass is 220 g/mol. The summed E-state index contributed by atoms with van der Waals surface area (Å²) in [6.45, 7) is 0. The predicted octanol–water partition coefficient (Wildman–Crippen LogP) is -1.06. The van der Waals surface area contributed by atoms with Crippen molar-refractivity contribution in [3.8, 4) is 0 Å². The molecule has 1 aliphatic heterocycles. The number of carbonyl (C=O) groups excluding carboxylic acids is 4. The number of barbiturate groups is 1. The highest BCUT2D eigenvalue weighted by molar-refractivity contribution is 9.08. The highest BCUT2D eigenvalue weighted by Gasteiger charge is 2.37. The maximum atomic E-state index is 10.6. The van der Waals surface area contributed by atoms with Gasteiger partial charge in [-0.05, 0) is 0 Å². The van der Waals surface area contributed by atoms with Crippen LogP contribution < -0.4 is 5.32 Å². The number of urea groups is 1. The lowest BCUT2D eigenvalue weighted by Crippen LogP contribution is -2.54. The van der Waals surface area contributed by atoms with Crippen molar-refractivity contribution in [2.45, 2.75) is 0 Å². The second kappa shape index (κ2) is 2.42. The number of carbonyl (C=O) groups is 4. The molecule has 0 bridgehead atoms. The van der Waals surface area contributed by atoms with Crippen LogP contribution in [0.25, 0.3) is 0 Å². The first-order chi connectivity index (χ1) is 5.04. The van der Waals surface area contributed by atoms with Crippen LogP contribution in [-0.4, -0.2) is 27.6 Å². The average Bonchev–Trinajstić information content (AvgIpc) is 1.97. The van der Waals surface area contributed by atoms with Gasteiger partial charge in [-0.25, -0.2) is 4.79 Å². The largest absolute Gasteiger partial charge is 0.341 e. The Morgan fingerprint density at radius 3 is 2.27 bits per heavy atom. The number of imide groups is 2. The zero-order chi connectivity index (χ0) is 8.59. The van der Waals surface area contributed by atoms with Crippen molar-refractivity contribution in [2.24, 2.45) is 0 Å². The topological polar surface area (TPSA) is 83.6 Å². The molecule has 7 heteroatoms. The van der Waals surface area contributed by atoms with Gasteiger partial charge in [0.05, 0.1) is 16.1 Å². The van der Waals surface area contributed by atoms with Gasteiger partial charge in [0.15, 0.2) is 0 Å². The summed E-state index contributed by atoms with van der Waals surface area (Å²) >= 11 is 2.49. The Balaban J connectivity index is 2.96. The van der Waals surface area contributed by atoms with Crippen molar-refractivity contribution < 1.29 is 19.2 Å². The lowest BCUT2D eigenvalue weighted by Gasteiger charge is -2.15. The molecule has 1 aliphatic rings. The van der Waals surface area contributed by atoms with Crippen LogP contribution in [0.2, 0.25) is 0 Å². The van der Waals surface area contributed by atoms with E-state index in [0.717, 1.165) is 0 Å². The van der Waals surface area contributed by atoms with Gasteiger partial charge in [0.1, 0.15) is 0 Å². The molecule has 1 fully saturated rings. The average molecular weight is 221 g/mol. The standard InChI is InChI=1S/C4HBrN2O4/c5-7-3(10)1(8)2(9)6-4(7)11/h(H,6,9,11). The second-order valence-electron chi connectivity index (χ2n) is 1.67. The molecule has 0 aromatic heterocycles. The normalized spacial score (nSPS) is 18.8. The molecule has 0 atom stereocenters. The third kappa shape index (κ3) is 1.14. The van der Waals surface area contributed by atoms with Gasteiger partial charge in [0.2, 0.25) is 0 Å². The fourth-order valence-corrected chi connectivity index (χ4v) is 0.731. The van der Waals surface area contributed by atoms with E-state index in [9.17, 15) is 19.2 Å². The van der Waals surface area contributed by atoms with Crippen LogP contribution in [0.3, 0.4) is 0 Å². The number of hydrogen-bond donors (Lipinski definition) is 1. The molecule has 0 aromatic carbocycles. The summed E-state index contributed by atoms with van der Waals surface area (Å²) in [5, 5.41) is 1.64. The molecule has 1 heterocycles. The van der Waals surface area contributed by atoms with Gasteiger partial charge in [-0.3, -0.25) is 19.7 Å². The molecule has 1 saturated heterocycles. The quantitative estimate of drug-likeness (QED) is 0.417. The third-order valence-electron chi connectivity index (χ3n) is 0.978. The van der Waals surface area contributed by atoms with E-state index in [1.165, 1.54) is 0 Å². The number of rotatable bonds is 0. The van der Waals surface area contributed by atoms with Crippen LogP contribution in [0.5, 0.6) is 0 Å². The van der Waals surface area contributed by atoms with E-state index in [-0.39, 0.29) is 0 Å². The van der Waals surface area contributed by atoms with Crippen LogP contribution in [0.15, 0.2) is 0 Å². The van der Waals surface area contributed by atoms with Crippen LogP contribution in [0.4, 0.5) is 4.79 Å². The molecule has 0 aromatic rings. The van der Waals surface area contributed by atoms with E-state index in [0.29, 0.717) is 3.93 Å². The molecule has 1 rings (SSSR count). The first kappa shape index (κ1) is 7.86. The smallest absolute Gasteiger partial charge is 0.277 e. The summed E-state index contributed by atoms with van der Waals surface area (Å²) < 4.78 is 0.358. The highest BCUT2D eigenvalue weighted by Crippen LogP contribution is 2.04. The van der Waals surface area contributed by atoms with Gasteiger partial charge in [-0.2, -0.15) is 3.93 Å². The molecule has 0 saturated carbocycles. The van der Waals surface area contributed by atoms with Crippen molar-refractivity contribution in [3.05, 3.63) is 0 Å². The maximum absolute atomic E-state index is 10.6. The Hall–Kier alpha value is -1.24. The van der Waals surface area contributed by atoms with E-state index < -0.39 is 23.6 Å². The molecule has 0 unspecified atom stereocenters. The molecule has 58 valence electrons. The summed E-state index contributed by atoms with van der Waals surface area (Å²) in [5.74, 6) is -3.64. The molecule has 4 amide bonds. The van der Waals surface area contributed by atoms with Gasteiger partial charge in [0.25, 0.3) is 0 Å². The first-order valence-electron chi connectivity index (χ1n) is 2.43. The summed E-state index contributed by atoms with van der Waals surface area (Å²) in [7, 11) is 0. The van der Waals surface area contributed by atoms with E-state index >= 15 is 0 Å². The molecule has 11 heavy (non-hydrogen) atoms. The summed E-state index contributed by atoms with van der Waals surface area (Å²) in [5.41, 5.74) is 0. The van der Waals surface area contributed by atoms with E-state index in [1.807, 2.05) is 0 Å². The molecule has 6 nitrogen and oxygen atoms in total. The van der Waals surface area contributed by atoms with Gasteiger partial charge in [0, 0.05) is 0 Å². The van der Waals surface area contributed by atoms with Crippen LogP contribution >= 0.6 is 16.1 Å². The predicted molar refractivity (Wildman–Crippen MR) is 34.3 cm³/mol. The van der Waals surface area contributed by atoms with Crippen molar-refractivity contribution in [3.63, 3.8) is 0 Å². The summed E-state index contributed by atoms with van der Waals surface area (Å²) in [6, 6.07) is -0.959. The fourth-order valence-electron chi connectivity index (χ4n) is 0.481. The number of halogens is 1. The minimum absolute atomic E-state index is 0.358. The van der Waals surface area contributed by atoms with Gasteiger partial charge in [-0.15, -0.1) is 0 Å². The fraction of sp³-hybridized carbons (Fsp3) is 0. The molecular formula is C4HBrN2O4. The van der Waals surface area contributed by atoms with E-state index in [2.05, 4.69) is 16.1 Å². The van der Waals surface area contributed by atoms with Gasteiger partial charge >= 0.3 is 23.6 Å². The minimum atomic E-state index is -1.26. The van der Waals surface area contributed by atoms with Gasteiger partial charge in [-0.1, -0.05) is 0 Å². The molecular weight excluding hydrogens is 220 g/mol. The molecule has 0 aliphatic carbocycles. The minimum Gasteiger partial charge on any atom is -0.277 e. The van der Waals surface area contributed by atoms with Gasteiger partial charge < -0.3 is 0 Å². The Kier molecular flexibility index (Phi) is 1.73. The molecule has 0 radical (unpaired) electrons. The Labute approximate surface area is 68.9 Å². The molecule has 1 N–H and O–H groups in total.